The molecule has 0 unspecified atom stereocenters. The molecule has 0 spiro atoms. The summed E-state index contributed by atoms with van der Waals surface area (Å²) in [5, 5.41) is 22.6. The lowest BCUT2D eigenvalue weighted by Crippen LogP contribution is -1.98. The van der Waals surface area contributed by atoms with E-state index >= 15 is 0 Å². The monoisotopic (exact) mass is 730 g/mol. The molecule has 0 atom stereocenters. The highest BCUT2D eigenvalue weighted by Gasteiger charge is 2.23. The van der Waals surface area contributed by atoms with Crippen LogP contribution in [0.4, 0.5) is 0 Å². The number of thiophene rings is 1. The number of para-hydroxylation sites is 2. The van der Waals surface area contributed by atoms with Gasteiger partial charge in [-0.25, -0.2) is 9.97 Å². The van der Waals surface area contributed by atoms with Gasteiger partial charge in [0.1, 0.15) is 5.75 Å². The van der Waals surface area contributed by atoms with Gasteiger partial charge in [0, 0.05) is 42.2 Å². The summed E-state index contributed by atoms with van der Waals surface area (Å²) in [7, 11) is 0. The van der Waals surface area contributed by atoms with Gasteiger partial charge in [0.25, 0.3) is 0 Å². The van der Waals surface area contributed by atoms with Crippen molar-refractivity contribution in [3.05, 3.63) is 176 Å². The Morgan fingerprint density at radius 3 is 1.77 bits per heavy atom. The van der Waals surface area contributed by atoms with Crippen molar-refractivity contribution in [3.63, 3.8) is 0 Å². The second-order valence-electron chi connectivity index (χ2n) is 14.6. The average molecular weight is 731 g/mol. The van der Waals surface area contributed by atoms with Gasteiger partial charge >= 0.3 is 0 Å². The van der Waals surface area contributed by atoms with Crippen molar-refractivity contribution in [1.29, 1.82) is 0 Å². The van der Waals surface area contributed by atoms with Gasteiger partial charge in [-0.2, -0.15) is 0 Å². The van der Waals surface area contributed by atoms with Crippen molar-refractivity contribution in [2.75, 3.05) is 0 Å². The van der Waals surface area contributed by atoms with Gasteiger partial charge in [0.2, 0.25) is 0 Å². The molecule has 2 aromatic heterocycles. The highest BCUT2D eigenvalue weighted by Crippen LogP contribution is 2.50. The van der Waals surface area contributed by atoms with Crippen LogP contribution >= 0.6 is 11.3 Å². The van der Waals surface area contributed by atoms with E-state index in [1.165, 1.54) is 59.3 Å². The Morgan fingerprint density at radius 2 is 0.964 bits per heavy atom. The molecule has 56 heavy (non-hydrogen) atoms. The van der Waals surface area contributed by atoms with Crippen molar-refractivity contribution in [1.82, 2.24) is 9.97 Å². The maximum absolute atomic E-state index is 11.1. The molecule has 1 N–H and O–H groups in total. The molecule has 0 saturated carbocycles. The van der Waals surface area contributed by atoms with Crippen LogP contribution in [0, 0.1) is 0 Å². The first-order valence-electron chi connectivity index (χ1n) is 18.9. The first kappa shape index (κ1) is 31.2. The summed E-state index contributed by atoms with van der Waals surface area (Å²) in [5.41, 5.74) is 10.4. The minimum absolute atomic E-state index is 0.317. The summed E-state index contributed by atoms with van der Waals surface area (Å²) in [6.45, 7) is 0. The van der Waals surface area contributed by atoms with E-state index in [0.717, 1.165) is 59.8 Å². The number of nitrogens with zero attached hydrogens (tertiary/aromatic N) is 2. The van der Waals surface area contributed by atoms with Crippen molar-refractivity contribution in [2.24, 2.45) is 0 Å². The summed E-state index contributed by atoms with van der Waals surface area (Å²) in [5.74, 6) is 0.317. The van der Waals surface area contributed by atoms with Crippen LogP contribution in [0.3, 0.4) is 0 Å². The molecule has 0 radical (unpaired) electrons. The minimum atomic E-state index is 0.317. The minimum Gasteiger partial charge on any atom is -0.507 e. The van der Waals surface area contributed by atoms with Crippen molar-refractivity contribution >= 4 is 85.6 Å². The van der Waals surface area contributed by atoms with Crippen LogP contribution in [0.2, 0.25) is 0 Å². The molecule has 0 amide bonds. The molecule has 10 aromatic carbocycles. The standard InChI is InChI=1S/C52H30N2OS/c55-45-20-9-15-31-21-24-41-40-17-10-16-39(51(40)56-52(41)47(31)45)35-25-26-38-42(50-49(32-13-5-2-6-14-32)53-43-18-7-8-19-44(43)54-50)29-33-22-23-34(30-11-3-1-4-12-30)36-27-28-37(35)48(38)46(33)36/h1-29,55H. The van der Waals surface area contributed by atoms with Gasteiger partial charge in [-0.1, -0.05) is 152 Å². The Morgan fingerprint density at radius 1 is 0.357 bits per heavy atom. The van der Waals surface area contributed by atoms with Crippen LogP contribution in [0.25, 0.3) is 119 Å². The lowest BCUT2D eigenvalue weighted by Gasteiger charge is -2.20. The maximum atomic E-state index is 11.1. The van der Waals surface area contributed by atoms with Gasteiger partial charge in [-0.3, -0.25) is 0 Å². The fourth-order valence-corrected chi connectivity index (χ4v) is 10.4. The van der Waals surface area contributed by atoms with E-state index in [4.69, 9.17) is 9.97 Å². The summed E-state index contributed by atoms with van der Waals surface area (Å²) in [6, 6.07) is 62.2. The molecule has 0 fully saturated rings. The Hall–Kier alpha value is -7.14. The molecule has 0 aliphatic carbocycles. The molecule has 0 aliphatic rings. The first-order chi connectivity index (χ1) is 27.7. The molecule has 12 aromatic rings. The number of rotatable bonds is 4. The van der Waals surface area contributed by atoms with Crippen LogP contribution in [-0.2, 0) is 0 Å². The first-order valence-corrected chi connectivity index (χ1v) is 19.7. The van der Waals surface area contributed by atoms with Crippen molar-refractivity contribution < 1.29 is 5.11 Å². The number of aromatic nitrogens is 2. The molecule has 12 rings (SSSR count). The van der Waals surface area contributed by atoms with Crippen molar-refractivity contribution in [2.45, 2.75) is 0 Å². The zero-order chi connectivity index (χ0) is 36.9. The number of aromatic hydroxyl groups is 1. The van der Waals surface area contributed by atoms with Crippen molar-refractivity contribution in [3.8, 4) is 50.5 Å². The predicted octanol–water partition coefficient (Wildman–Crippen LogP) is 14.4. The number of fused-ring (bicyclic) bond motifs is 6. The van der Waals surface area contributed by atoms with E-state index in [2.05, 4.69) is 140 Å². The number of hydrogen-bond acceptors (Lipinski definition) is 4. The highest BCUT2D eigenvalue weighted by molar-refractivity contribution is 7.27. The van der Waals surface area contributed by atoms with Gasteiger partial charge in [-0.15, -0.1) is 11.3 Å². The van der Waals surface area contributed by atoms with E-state index in [9.17, 15) is 5.11 Å². The average Bonchev–Trinajstić information content (AvgIpc) is 3.65. The summed E-state index contributed by atoms with van der Waals surface area (Å²) >= 11 is 1.77. The fraction of sp³-hybridized carbons (Fsp3) is 0. The number of benzene rings is 10. The molecule has 0 aliphatic heterocycles. The van der Waals surface area contributed by atoms with E-state index in [0.29, 0.717) is 5.75 Å². The summed E-state index contributed by atoms with van der Waals surface area (Å²) < 4.78 is 2.32. The summed E-state index contributed by atoms with van der Waals surface area (Å²) in [6.07, 6.45) is 0. The molecular weight excluding hydrogens is 701 g/mol. The van der Waals surface area contributed by atoms with E-state index in [1.807, 2.05) is 30.3 Å². The molecule has 4 heteroatoms. The molecular formula is C52H30N2OS. The highest BCUT2D eigenvalue weighted by atomic mass is 32.1. The number of hydrogen-bond donors (Lipinski definition) is 1. The largest absolute Gasteiger partial charge is 0.507 e. The number of phenols is 1. The van der Waals surface area contributed by atoms with Crippen LogP contribution in [0.15, 0.2) is 176 Å². The lowest BCUT2D eigenvalue weighted by atomic mass is 9.84. The molecule has 0 saturated heterocycles. The van der Waals surface area contributed by atoms with E-state index in [-0.39, 0.29) is 0 Å². The van der Waals surface area contributed by atoms with Gasteiger partial charge in [0.05, 0.1) is 22.4 Å². The van der Waals surface area contributed by atoms with E-state index < -0.39 is 0 Å². The van der Waals surface area contributed by atoms with Gasteiger partial charge in [0.15, 0.2) is 0 Å². The SMILES string of the molecule is Oc1cccc2ccc3c4cccc(-c5ccc6c(-c7nc8ccccc8nc7-c7ccccc7)cc7ccc(-c8ccccc8)c8ccc5c6c78)c4sc3c12. The fourth-order valence-electron chi connectivity index (χ4n) is 9.00. The molecule has 260 valence electrons. The third-order valence-electron chi connectivity index (χ3n) is 11.5. The Kier molecular flexibility index (Phi) is 6.65. The van der Waals surface area contributed by atoms with Crippen LogP contribution < -0.4 is 0 Å². The normalized spacial score (nSPS) is 12.0. The van der Waals surface area contributed by atoms with Crippen LogP contribution in [-0.4, -0.2) is 15.1 Å². The smallest absolute Gasteiger partial charge is 0.124 e. The molecule has 3 nitrogen and oxygen atoms in total. The zero-order valence-electron chi connectivity index (χ0n) is 30.0. The van der Waals surface area contributed by atoms with Crippen LogP contribution in [0.1, 0.15) is 0 Å². The predicted molar refractivity (Wildman–Crippen MR) is 237 cm³/mol. The van der Waals surface area contributed by atoms with E-state index in [1.54, 1.807) is 17.4 Å². The Balaban J connectivity index is 1.21. The van der Waals surface area contributed by atoms with Crippen LogP contribution in [0.5, 0.6) is 5.75 Å². The van der Waals surface area contributed by atoms with Gasteiger partial charge in [-0.05, 0) is 78.7 Å². The lowest BCUT2D eigenvalue weighted by molar-refractivity contribution is 0.482. The molecule has 0 bridgehead atoms. The topological polar surface area (TPSA) is 46.0 Å². The molecule has 2 heterocycles. The zero-order valence-corrected chi connectivity index (χ0v) is 30.8. The third-order valence-corrected chi connectivity index (χ3v) is 12.8. The second-order valence-corrected chi connectivity index (χ2v) is 15.6. The quantitative estimate of drug-likeness (QED) is 0.183. The Bertz CT molecular complexity index is 3540. The maximum Gasteiger partial charge on any atom is 0.124 e. The second kappa shape index (κ2) is 11.9. The Labute approximate surface area is 325 Å². The third kappa shape index (κ3) is 4.51. The van der Waals surface area contributed by atoms with Gasteiger partial charge < -0.3 is 5.11 Å². The number of phenolic OH excluding ortho intramolecular Hbond substituents is 1. The summed E-state index contributed by atoms with van der Waals surface area (Å²) in [4.78, 5) is 10.7.